The van der Waals surface area contributed by atoms with Crippen LogP contribution in [-0.4, -0.2) is 40.3 Å². The van der Waals surface area contributed by atoms with Crippen molar-refractivity contribution in [3.05, 3.63) is 23.3 Å². The molecule has 0 aromatic carbocycles. The first kappa shape index (κ1) is 15.8. The molecule has 5 nitrogen and oxygen atoms in total. The number of rotatable bonds is 1. The van der Waals surface area contributed by atoms with Crippen molar-refractivity contribution in [2.75, 3.05) is 13.1 Å². The van der Waals surface area contributed by atoms with E-state index < -0.39 is 23.0 Å². The normalized spacial score (nSPS) is 32.8. The Labute approximate surface area is 125 Å². The fourth-order valence-electron chi connectivity index (χ4n) is 3.30. The molecule has 1 heterocycles. The van der Waals surface area contributed by atoms with E-state index in [0.29, 0.717) is 25.9 Å². The summed E-state index contributed by atoms with van der Waals surface area (Å²) >= 11 is 0. The summed E-state index contributed by atoms with van der Waals surface area (Å²) in [6, 6.07) is 0. The average molecular weight is 293 g/mol. The maximum Gasteiger partial charge on any atom is 0.313 e. The van der Waals surface area contributed by atoms with Gasteiger partial charge in [0.25, 0.3) is 6.09 Å². The summed E-state index contributed by atoms with van der Waals surface area (Å²) in [4.78, 5) is 23.2. The smallest absolute Gasteiger partial charge is 0.313 e. The highest BCUT2D eigenvalue weighted by Gasteiger charge is 2.47. The van der Waals surface area contributed by atoms with Gasteiger partial charge in [-0.25, -0.2) is 0 Å². The summed E-state index contributed by atoms with van der Waals surface area (Å²) in [5, 5.41) is 21.2. The molecule has 1 amide bonds. The Hall–Kier alpha value is -1.62. The van der Waals surface area contributed by atoms with Crippen LogP contribution in [0.15, 0.2) is 23.3 Å². The molecular weight excluding hydrogens is 270 g/mol. The molecule has 0 spiro atoms. The number of amides is 1. The van der Waals surface area contributed by atoms with E-state index in [9.17, 15) is 19.8 Å². The molecule has 116 valence electrons. The fourth-order valence-corrected chi connectivity index (χ4v) is 3.30. The predicted molar refractivity (Wildman–Crippen MR) is 76.3 cm³/mol. The van der Waals surface area contributed by atoms with E-state index >= 15 is 0 Å². The highest BCUT2D eigenvalue weighted by Crippen LogP contribution is 2.41. The van der Waals surface area contributed by atoms with Crippen molar-refractivity contribution in [2.24, 2.45) is 5.41 Å². The predicted octanol–water partition coefficient (Wildman–Crippen LogP) is 1.70. The summed E-state index contributed by atoms with van der Waals surface area (Å²) < 4.78 is -0.143. The Morgan fingerprint density at radius 1 is 1.38 bits per heavy atom. The van der Waals surface area contributed by atoms with Crippen LogP contribution in [-0.2, 0) is 4.79 Å². The minimum atomic E-state index is -1.08. The van der Waals surface area contributed by atoms with E-state index in [1.165, 1.54) is 0 Å². The molecule has 2 rings (SSSR count). The Bertz CT molecular complexity index is 555. The van der Waals surface area contributed by atoms with E-state index in [2.05, 4.69) is 0 Å². The first-order valence-corrected chi connectivity index (χ1v) is 7.24. The summed E-state index contributed by atoms with van der Waals surface area (Å²) in [5.74, 6) is -0.877. The summed E-state index contributed by atoms with van der Waals surface area (Å²) in [6.45, 7) is 8.17. The van der Waals surface area contributed by atoms with Gasteiger partial charge in [0.1, 0.15) is 6.54 Å². The van der Waals surface area contributed by atoms with Crippen molar-refractivity contribution < 1.29 is 24.3 Å². The van der Waals surface area contributed by atoms with Gasteiger partial charge in [0, 0.05) is 6.42 Å². The maximum atomic E-state index is 11.8. The lowest BCUT2D eigenvalue weighted by molar-refractivity contribution is -0.917. The molecule has 1 aliphatic heterocycles. The van der Waals surface area contributed by atoms with Crippen LogP contribution < -0.4 is 5.11 Å². The molecule has 5 heteroatoms. The number of carboxylic acids is 1. The SMILES string of the molecule is CC1(C(=O)O)C=CC2=C(C1)C[N+](C(=O)[O-])(C(C)(C)C)CC2. The molecule has 0 aromatic rings. The molecule has 0 bridgehead atoms. The van der Waals surface area contributed by atoms with Gasteiger partial charge in [-0.1, -0.05) is 12.2 Å². The Morgan fingerprint density at radius 2 is 2.00 bits per heavy atom. The van der Waals surface area contributed by atoms with Gasteiger partial charge in [0.2, 0.25) is 0 Å². The molecule has 2 aliphatic rings. The zero-order chi connectivity index (χ0) is 16.1. The summed E-state index contributed by atoms with van der Waals surface area (Å²) in [5.41, 5.74) is 0.592. The van der Waals surface area contributed by atoms with Crippen LogP contribution in [0, 0.1) is 5.41 Å². The number of carbonyl (C=O) groups excluding carboxylic acids is 1. The van der Waals surface area contributed by atoms with Gasteiger partial charge in [0.15, 0.2) is 0 Å². The minimum absolute atomic E-state index is 0.143. The lowest BCUT2D eigenvalue weighted by Gasteiger charge is -2.51. The highest BCUT2D eigenvalue weighted by molar-refractivity contribution is 5.78. The van der Waals surface area contributed by atoms with Crippen LogP contribution in [0.2, 0.25) is 0 Å². The van der Waals surface area contributed by atoms with Gasteiger partial charge in [-0.05, 0) is 45.3 Å². The van der Waals surface area contributed by atoms with E-state index in [4.69, 9.17) is 0 Å². The second kappa shape index (κ2) is 4.70. The first-order valence-electron chi connectivity index (χ1n) is 7.24. The Kier molecular flexibility index (Phi) is 3.53. The second-order valence-corrected chi connectivity index (χ2v) is 7.40. The highest BCUT2D eigenvalue weighted by atomic mass is 16.4. The maximum absolute atomic E-state index is 11.8. The fraction of sp³-hybridized carbons (Fsp3) is 0.625. The van der Waals surface area contributed by atoms with Crippen LogP contribution in [0.25, 0.3) is 0 Å². The van der Waals surface area contributed by atoms with Gasteiger partial charge >= 0.3 is 5.97 Å². The van der Waals surface area contributed by atoms with Gasteiger partial charge in [0.05, 0.1) is 17.5 Å². The number of carbonyl (C=O) groups is 2. The van der Waals surface area contributed by atoms with E-state index in [1.54, 1.807) is 13.0 Å². The standard InChI is InChI=1S/C16H23NO4/c1-15(2,3)17(14(20)21)8-6-11-5-7-16(4,13(18)19)9-12(11)10-17/h5,7H,6,8-10H2,1-4H3,(H-,18,19,20,21). The summed E-state index contributed by atoms with van der Waals surface area (Å²) in [6.07, 6.45) is 3.52. The largest absolute Gasteiger partial charge is 0.498 e. The topological polar surface area (TPSA) is 77.4 Å². The zero-order valence-corrected chi connectivity index (χ0v) is 13.1. The monoisotopic (exact) mass is 293 g/mol. The first-order chi connectivity index (χ1) is 9.52. The number of hydrogen-bond donors (Lipinski definition) is 1. The van der Waals surface area contributed by atoms with E-state index in [-0.39, 0.29) is 4.48 Å². The van der Waals surface area contributed by atoms with E-state index in [1.807, 2.05) is 26.8 Å². The molecule has 2 unspecified atom stereocenters. The number of allylic oxidation sites excluding steroid dienone is 1. The molecular formula is C16H23NO4. The quantitative estimate of drug-likeness (QED) is 0.746. The van der Waals surface area contributed by atoms with Crippen molar-refractivity contribution in [2.45, 2.75) is 46.1 Å². The van der Waals surface area contributed by atoms with Gasteiger partial charge in [-0.15, -0.1) is 0 Å². The van der Waals surface area contributed by atoms with Gasteiger partial charge in [-0.2, -0.15) is 0 Å². The molecule has 0 fully saturated rings. The number of carboxylic acid groups (broad SMARTS) is 2. The number of nitrogens with zero attached hydrogens (tertiary/aromatic N) is 1. The van der Waals surface area contributed by atoms with Crippen molar-refractivity contribution >= 4 is 12.1 Å². The van der Waals surface area contributed by atoms with Crippen molar-refractivity contribution in [1.82, 2.24) is 0 Å². The van der Waals surface area contributed by atoms with Crippen LogP contribution >= 0.6 is 0 Å². The molecule has 0 saturated carbocycles. The lowest BCUT2D eigenvalue weighted by atomic mass is 9.75. The number of aliphatic carboxylic acids is 1. The second-order valence-electron chi connectivity index (χ2n) is 7.40. The van der Waals surface area contributed by atoms with Crippen molar-refractivity contribution in [1.29, 1.82) is 0 Å². The zero-order valence-electron chi connectivity index (χ0n) is 13.1. The average Bonchev–Trinajstić information content (AvgIpc) is 2.35. The molecule has 0 radical (unpaired) electrons. The summed E-state index contributed by atoms with van der Waals surface area (Å²) in [7, 11) is 0. The third kappa shape index (κ3) is 2.39. The molecule has 2 atom stereocenters. The third-order valence-electron chi connectivity index (χ3n) is 5.03. The molecule has 1 N–H and O–H groups in total. The van der Waals surface area contributed by atoms with Gasteiger partial charge < -0.3 is 15.0 Å². The molecule has 0 aromatic heterocycles. The van der Waals surface area contributed by atoms with Crippen molar-refractivity contribution in [3.8, 4) is 0 Å². The lowest BCUT2D eigenvalue weighted by Crippen LogP contribution is -2.69. The number of quaternary nitrogens is 1. The third-order valence-corrected chi connectivity index (χ3v) is 5.03. The Morgan fingerprint density at radius 3 is 2.48 bits per heavy atom. The van der Waals surface area contributed by atoms with E-state index in [0.717, 1.165) is 11.1 Å². The van der Waals surface area contributed by atoms with Crippen LogP contribution in [0.3, 0.4) is 0 Å². The van der Waals surface area contributed by atoms with Crippen LogP contribution in [0.1, 0.15) is 40.5 Å². The molecule has 0 saturated heterocycles. The molecule has 1 aliphatic carbocycles. The van der Waals surface area contributed by atoms with Crippen LogP contribution in [0.4, 0.5) is 4.79 Å². The molecule has 21 heavy (non-hydrogen) atoms. The van der Waals surface area contributed by atoms with Gasteiger partial charge in [-0.3, -0.25) is 9.28 Å². The number of hydrogen-bond acceptors (Lipinski definition) is 3. The van der Waals surface area contributed by atoms with Crippen LogP contribution in [0.5, 0.6) is 0 Å². The Balaban J connectivity index is 2.40. The minimum Gasteiger partial charge on any atom is -0.498 e. The van der Waals surface area contributed by atoms with Crippen molar-refractivity contribution in [3.63, 3.8) is 0 Å².